The van der Waals surface area contributed by atoms with Crippen LogP contribution in [-0.4, -0.2) is 22.6 Å². The van der Waals surface area contributed by atoms with Crippen molar-refractivity contribution in [3.63, 3.8) is 0 Å². The van der Waals surface area contributed by atoms with E-state index in [1.807, 2.05) is 42.5 Å². The van der Waals surface area contributed by atoms with Gasteiger partial charge in [0.25, 0.3) is 0 Å². The summed E-state index contributed by atoms with van der Waals surface area (Å²) >= 11 is 6.26. The van der Waals surface area contributed by atoms with E-state index in [1.54, 1.807) is 4.57 Å². The highest BCUT2D eigenvalue weighted by Gasteiger charge is 2.22. The van der Waals surface area contributed by atoms with Crippen molar-refractivity contribution in [3.05, 3.63) is 69.7 Å². The zero-order valence-electron chi connectivity index (χ0n) is 14.0. The Morgan fingerprint density at radius 3 is 2.56 bits per heavy atom. The van der Waals surface area contributed by atoms with Gasteiger partial charge in [0, 0.05) is 18.1 Å². The number of piperidine rings is 1. The van der Waals surface area contributed by atoms with E-state index in [-0.39, 0.29) is 5.76 Å². The molecule has 5 heteroatoms. The summed E-state index contributed by atoms with van der Waals surface area (Å²) in [7, 11) is 0. The summed E-state index contributed by atoms with van der Waals surface area (Å²) in [5.74, 6) is 0.251. The fourth-order valence-corrected chi connectivity index (χ4v) is 3.84. The van der Waals surface area contributed by atoms with Gasteiger partial charge in [0.05, 0.1) is 5.52 Å². The van der Waals surface area contributed by atoms with Crippen LogP contribution in [0.3, 0.4) is 0 Å². The van der Waals surface area contributed by atoms with Gasteiger partial charge in [-0.05, 0) is 55.6 Å². The average molecular weight is 357 g/mol. The molecule has 0 spiro atoms. The summed E-state index contributed by atoms with van der Waals surface area (Å²) < 4.78 is 7.12. The van der Waals surface area contributed by atoms with Gasteiger partial charge in [-0.2, -0.15) is 0 Å². The van der Waals surface area contributed by atoms with Crippen molar-refractivity contribution in [2.45, 2.75) is 25.9 Å². The molecule has 1 fully saturated rings. The van der Waals surface area contributed by atoms with Crippen molar-refractivity contribution in [1.29, 1.82) is 0 Å². The summed E-state index contributed by atoms with van der Waals surface area (Å²) in [5, 5.41) is 0.834. The third kappa shape index (κ3) is 3.51. The summed E-state index contributed by atoms with van der Waals surface area (Å²) in [4.78, 5) is 14.6. The van der Waals surface area contributed by atoms with Crippen LogP contribution >= 0.6 is 11.6 Å². The Kier molecular flexibility index (Phi) is 4.64. The Morgan fingerprint density at radius 2 is 1.76 bits per heavy atom. The van der Waals surface area contributed by atoms with Gasteiger partial charge < -0.3 is 4.42 Å². The summed E-state index contributed by atoms with van der Waals surface area (Å²) in [5.41, 5.74) is 2.74. The number of hydrogen-bond donors (Lipinski definition) is 0. The fraction of sp³-hybridized carbons (Fsp3) is 0.350. The topological polar surface area (TPSA) is 38.4 Å². The van der Waals surface area contributed by atoms with Crippen molar-refractivity contribution >= 4 is 22.7 Å². The monoisotopic (exact) mass is 356 g/mol. The molecule has 1 aliphatic heterocycles. The van der Waals surface area contributed by atoms with Crippen molar-refractivity contribution in [2.24, 2.45) is 5.92 Å². The first-order valence-electron chi connectivity index (χ1n) is 8.75. The van der Waals surface area contributed by atoms with Crippen LogP contribution in [-0.2, 0) is 13.1 Å². The minimum atomic E-state index is -0.250. The van der Waals surface area contributed by atoms with E-state index in [2.05, 4.69) is 11.0 Å². The third-order valence-electron chi connectivity index (χ3n) is 5.07. The lowest BCUT2D eigenvalue weighted by Gasteiger charge is -2.32. The zero-order chi connectivity index (χ0) is 17.2. The Bertz CT molecular complexity index is 923. The first-order valence-corrected chi connectivity index (χ1v) is 9.12. The first kappa shape index (κ1) is 16.4. The Balaban J connectivity index is 1.40. The minimum absolute atomic E-state index is 0.250. The molecule has 0 unspecified atom stereocenters. The normalized spacial score (nSPS) is 16.5. The molecule has 0 amide bonds. The number of nitrogens with zero attached hydrogens (tertiary/aromatic N) is 2. The molecule has 25 heavy (non-hydrogen) atoms. The molecule has 4 nitrogen and oxygen atoms in total. The molecule has 1 saturated heterocycles. The lowest BCUT2D eigenvalue weighted by atomic mass is 9.96. The number of likely N-dealkylation sites (tertiary alicyclic amines) is 1. The SMILES string of the molecule is O=c1oc2ccccc2n1CC1CCN(Cc2ccccc2Cl)CC1. The number of oxazole rings is 1. The molecule has 1 aliphatic rings. The molecular weight excluding hydrogens is 336 g/mol. The van der Waals surface area contributed by atoms with Gasteiger partial charge in [-0.1, -0.05) is 41.9 Å². The van der Waals surface area contributed by atoms with E-state index in [0.29, 0.717) is 11.5 Å². The molecule has 0 saturated carbocycles. The smallest absolute Gasteiger partial charge is 0.408 e. The Labute approximate surface area is 151 Å². The highest BCUT2D eigenvalue weighted by atomic mass is 35.5. The second-order valence-corrected chi connectivity index (χ2v) is 7.16. The highest BCUT2D eigenvalue weighted by Crippen LogP contribution is 2.24. The van der Waals surface area contributed by atoms with Gasteiger partial charge in [-0.25, -0.2) is 4.79 Å². The van der Waals surface area contributed by atoms with Gasteiger partial charge in [0.2, 0.25) is 0 Å². The molecule has 0 N–H and O–H groups in total. The summed E-state index contributed by atoms with van der Waals surface area (Å²) in [6.07, 6.45) is 2.16. The van der Waals surface area contributed by atoms with Crippen LogP contribution in [0.2, 0.25) is 5.02 Å². The average Bonchev–Trinajstić information content (AvgIpc) is 2.94. The van der Waals surface area contributed by atoms with Gasteiger partial charge in [-0.15, -0.1) is 0 Å². The Hall–Kier alpha value is -2.04. The molecule has 2 aromatic carbocycles. The second-order valence-electron chi connectivity index (χ2n) is 6.76. The number of halogens is 1. The van der Waals surface area contributed by atoms with Crippen molar-refractivity contribution < 1.29 is 4.42 Å². The van der Waals surface area contributed by atoms with Crippen LogP contribution < -0.4 is 5.76 Å². The number of fused-ring (bicyclic) bond motifs is 1. The number of hydrogen-bond acceptors (Lipinski definition) is 3. The van der Waals surface area contributed by atoms with Crippen molar-refractivity contribution in [2.75, 3.05) is 13.1 Å². The van der Waals surface area contributed by atoms with E-state index in [0.717, 1.165) is 49.6 Å². The van der Waals surface area contributed by atoms with Gasteiger partial charge in [0.1, 0.15) is 0 Å². The molecule has 0 aliphatic carbocycles. The molecule has 130 valence electrons. The van der Waals surface area contributed by atoms with Crippen LogP contribution in [0.4, 0.5) is 0 Å². The quantitative estimate of drug-likeness (QED) is 0.704. The highest BCUT2D eigenvalue weighted by molar-refractivity contribution is 6.31. The molecule has 1 aromatic heterocycles. The van der Waals surface area contributed by atoms with Crippen LogP contribution in [0.25, 0.3) is 11.1 Å². The van der Waals surface area contributed by atoms with E-state index in [9.17, 15) is 4.79 Å². The largest absolute Gasteiger partial charge is 0.419 e. The van der Waals surface area contributed by atoms with E-state index in [1.165, 1.54) is 5.56 Å². The maximum atomic E-state index is 12.1. The molecule has 3 aromatic rings. The fourth-order valence-electron chi connectivity index (χ4n) is 3.64. The summed E-state index contributed by atoms with van der Waals surface area (Å²) in [6, 6.07) is 15.7. The van der Waals surface area contributed by atoms with Gasteiger partial charge in [0.15, 0.2) is 5.58 Å². The van der Waals surface area contributed by atoms with E-state index in [4.69, 9.17) is 16.0 Å². The molecule has 0 bridgehead atoms. The lowest BCUT2D eigenvalue weighted by Crippen LogP contribution is -2.35. The predicted molar refractivity (Wildman–Crippen MR) is 99.9 cm³/mol. The predicted octanol–water partition coefficient (Wildman–Crippen LogP) is 4.16. The molecule has 0 radical (unpaired) electrons. The zero-order valence-corrected chi connectivity index (χ0v) is 14.8. The van der Waals surface area contributed by atoms with Crippen molar-refractivity contribution in [3.8, 4) is 0 Å². The molecular formula is C20H21ClN2O2. The summed E-state index contributed by atoms with van der Waals surface area (Å²) in [6.45, 7) is 3.68. The van der Waals surface area contributed by atoms with Crippen LogP contribution in [0.15, 0.2) is 57.7 Å². The molecule has 0 atom stereocenters. The van der Waals surface area contributed by atoms with E-state index < -0.39 is 0 Å². The number of aromatic nitrogens is 1. The first-order chi connectivity index (χ1) is 12.2. The maximum Gasteiger partial charge on any atom is 0.419 e. The maximum absolute atomic E-state index is 12.1. The van der Waals surface area contributed by atoms with Crippen LogP contribution in [0, 0.1) is 5.92 Å². The van der Waals surface area contributed by atoms with Gasteiger partial charge >= 0.3 is 5.76 Å². The number of para-hydroxylation sites is 2. The second kappa shape index (κ2) is 7.06. The lowest BCUT2D eigenvalue weighted by molar-refractivity contribution is 0.166. The molecule has 2 heterocycles. The number of rotatable bonds is 4. The third-order valence-corrected chi connectivity index (χ3v) is 5.44. The Morgan fingerprint density at radius 1 is 1.04 bits per heavy atom. The minimum Gasteiger partial charge on any atom is -0.408 e. The molecule has 4 rings (SSSR count). The van der Waals surface area contributed by atoms with E-state index >= 15 is 0 Å². The van der Waals surface area contributed by atoms with Gasteiger partial charge in [-0.3, -0.25) is 9.47 Å². The standard InChI is InChI=1S/C20H21ClN2O2/c21-17-6-2-1-5-16(17)14-22-11-9-15(10-12-22)13-23-18-7-3-4-8-19(18)25-20(23)24/h1-8,15H,9-14H2. The van der Waals surface area contributed by atoms with Crippen LogP contribution in [0.5, 0.6) is 0 Å². The van der Waals surface area contributed by atoms with Crippen molar-refractivity contribution in [1.82, 2.24) is 9.47 Å². The number of benzene rings is 2. The van der Waals surface area contributed by atoms with Crippen LogP contribution in [0.1, 0.15) is 18.4 Å².